The van der Waals surface area contributed by atoms with Gasteiger partial charge in [0.25, 0.3) is 0 Å². The standard InChI is InChI=1S/C17H11N4.C11H8N.Ir/c1-3-7-13(8-4-1)16-19-15-11-12-18-20-17(15)21(16)14-9-5-2-6-10-14;1-2-6-10(7-3-1)11-8-4-5-9-12-11;/h1-7,9-12H;1-6,8-9H;/q2*-1;. The number of para-hydroxylation sites is 1. The number of fused-ring (bicyclic) bond motifs is 1. The first-order valence-electron chi connectivity index (χ1n) is 10.5. The van der Waals surface area contributed by atoms with Crippen LogP contribution in [0.3, 0.4) is 0 Å². The van der Waals surface area contributed by atoms with E-state index in [2.05, 4.69) is 32.3 Å². The number of benzene rings is 3. The molecule has 0 atom stereocenters. The van der Waals surface area contributed by atoms with E-state index in [4.69, 9.17) is 0 Å². The summed E-state index contributed by atoms with van der Waals surface area (Å²) in [5, 5.41) is 8.23. The van der Waals surface area contributed by atoms with Crippen molar-refractivity contribution in [2.75, 3.05) is 0 Å². The quantitative estimate of drug-likeness (QED) is 0.235. The Morgan fingerprint density at radius 2 is 1.35 bits per heavy atom. The molecule has 6 aromatic rings. The molecule has 34 heavy (non-hydrogen) atoms. The number of aromatic nitrogens is 5. The van der Waals surface area contributed by atoms with Gasteiger partial charge in [0.15, 0.2) is 5.65 Å². The number of pyridine rings is 1. The van der Waals surface area contributed by atoms with Crippen LogP contribution in [0.15, 0.2) is 116 Å². The molecule has 3 aromatic heterocycles. The number of rotatable bonds is 3. The molecule has 6 rings (SSSR count). The van der Waals surface area contributed by atoms with E-state index in [0.29, 0.717) is 0 Å². The van der Waals surface area contributed by atoms with Crippen molar-refractivity contribution in [2.24, 2.45) is 0 Å². The van der Waals surface area contributed by atoms with Gasteiger partial charge in [-0.3, -0.25) is 4.98 Å². The van der Waals surface area contributed by atoms with Gasteiger partial charge in [-0.2, -0.15) is 5.10 Å². The summed E-state index contributed by atoms with van der Waals surface area (Å²) in [5.74, 6) is 0.817. The Morgan fingerprint density at radius 1 is 0.647 bits per heavy atom. The molecule has 0 N–H and O–H groups in total. The Morgan fingerprint density at radius 3 is 2.03 bits per heavy atom. The van der Waals surface area contributed by atoms with Gasteiger partial charge in [0, 0.05) is 32.0 Å². The van der Waals surface area contributed by atoms with Crippen molar-refractivity contribution in [3.8, 4) is 28.3 Å². The van der Waals surface area contributed by atoms with E-state index in [9.17, 15) is 0 Å². The first-order valence-corrected chi connectivity index (χ1v) is 10.5. The molecule has 0 unspecified atom stereocenters. The number of hydrogen-bond acceptors (Lipinski definition) is 4. The van der Waals surface area contributed by atoms with E-state index in [1.807, 2.05) is 108 Å². The average Bonchev–Trinajstić information content (AvgIpc) is 3.31. The van der Waals surface area contributed by atoms with Crippen LogP contribution in [0.1, 0.15) is 0 Å². The van der Waals surface area contributed by atoms with Crippen molar-refractivity contribution in [3.05, 3.63) is 128 Å². The van der Waals surface area contributed by atoms with Crippen LogP contribution in [0, 0.1) is 12.1 Å². The summed E-state index contributed by atoms with van der Waals surface area (Å²) < 4.78 is 2.01. The minimum atomic E-state index is 0. The summed E-state index contributed by atoms with van der Waals surface area (Å²) in [4.78, 5) is 8.91. The zero-order valence-electron chi connectivity index (χ0n) is 18.0. The van der Waals surface area contributed by atoms with E-state index in [1.165, 1.54) is 0 Å². The fraction of sp³-hybridized carbons (Fsp3) is 0. The number of nitrogens with zero attached hydrogens (tertiary/aromatic N) is 5. The van der Waals surface area contributed by atoms with Crippen LogP contribution in [0.25, 0.3) is 39.5 Å². The molecule has 0 aliphatic heterocycles. The molecule has 5 nitrogen and oxygen atoms in total. The van der Waals surface area contributed by atoms with Gasteiger partial charge in [0.1, 0.15) is 5.52 Å². The normalized spacial score (nSPS) is 10.1. The number of hydrogen-bond donors (Lipinski definition) is 0. The largest absolute Gasteiger partial charge is 0.316 e. The third kappa shape index (κ3) is 5.15. The first kappa shape index (κ1) is 23.2. The van der Waals surface area contributed by atoms with Gasteiger partial charge in [-0.05, 0) is 30.0 Å². The van der Waals surface area contributed by atoms with Crippen molar-refractivity contribution in [2.45, 2.75) is 0 Å². The second-order valence-corrected chi connectivity index (χ2v) is 7.11. The molecule has 0 saturated carbocycles. The van der Waals surface area contributed by atoms with E-state index >= 15 is 0 Å². The molecule has 1 radical (unpaired) electrons. The summed E-state index contributed by atoms with van der Waals surface area (Å²) in [7, 11) is 0. The fourth-order valence-electron chi connectivity index (χ4n) is 3.44. The molecule has 3 aromatic carbocycles. The van der Waals surface area contributed by atoms with Crippen molar-refractivity contribution in [3.63, 3.8) is 0 Å². The van der Waals surface area contributed by atoms with Gasteiger partial charge >= 0.3 is 0 Å². The third-order valence-corrected chi connectivity index (χ3v) is 4.94. The minimum Gasteiger partial charge on any atom is -0.316 e. The Balaban J connectivity index is 0.000000180. The Kier molecular flexibility index (Phi) is 7.66. The topological polar surface area (TPSA) is 56.5 Å². The van der Waals surface area contributed by atoms with Gasteiger partial charge in [-0.15, -0.1) is 76.9 Å². The second kappa shape index (κ2) is 11.2. The predicted molar refractivity (Wildman–Crippen MR) is 129 cm³/mol. The molecule has 0 aliphatic rings. The summed E-state index contributed by atoms with van der Waals surface area (Å²) in [6, 6.07) is 39.8. The predicted octanol–water partition coefficient (Wildman–Crippen LogP) is 5.83. The molecule has 0 bridgehead atoms. The third-order valence-electron chi connectivity index (χ3n) is 4.94. The second-order valence-electron chi connectivity index (χ2n) is 7.11. The Hall–Kier alpha value is -3.99. The first-order chi connectivity index (χ1) is 16.4. The summed E-state index contributed by atoms with van der Waals surface area (Å²) in [6.45, 7) is 0. The van der Waals surface area contributed by atoms with E-state index in [-0.39, 0.29) is 20.1 Å². The van der Waals surface area contributed by atoms with Crippen LogP contribution < -0.4 is 0 Å². The van der Waals surface area contributed by atoms with Crippen LogP contribution in [-0.4, -0.2) is 24.7 Å². The van der Waals surface area contributed by atoms with Crippen molar-refractivity contribution >= 4 is 11.2 Å². The number of imidazole rings is 1. The van der Waals surface area contributed by atoms with Gasteiger partial charge in [-0.25, -0.2) is 0 Å². The van der Waals surface area contributed by atoms with Crippen LogP contribution in [0.5, 0.6) is 0 Å². The van der Waals surface area contributed by atoms with Crippen LogP contribution in [0.4, 0.5) is 0 Å². The summed E-state index contributed by atoms with van der Waals surface area (Å²) >= 11 is 0. The van der Waals surface area contributed by atoms with Crippen molar-refractivity contribution < 1.29 is 20.1 Å². The van der Waals surface area contributed by atoms with Gasteiger partial charge in [0.2, 0.25) is 0 Å². The molecule has 6 heteroatoms. The molecule has 3 heterocycles. The van der Waals surface area contributed by atoms with Gasteiger partial charge < -0.3 is 9.55 Å². The van der Waals surface area contributed by atoms with Crippen LogP contribution in [0.2, 0.25) is 0 Å². The van der Waals surface area contributed by atoms with Crippen molar-refractivity contribution in [1.29, 1.82) is 0 Å². The van der Waals surface area contributed by atoms with E-state index < -0.39 is 0 Å². The van der Waals surface area contributed by atoms with Gasteiger partial charge in [-0.1, -0.05) is 30.3 Å². The zero-order chi connectivity index (χ0) is 22.3. The molecule has 0 amide bonds. The van der Waals surface area contributed by atoms with E-state index in [0.717, 1.165) is 39.5 Å². The molecular formula is C28H19IrN5-2. The summed E-state index contributed by atoms with van der Waals surface area (Å²) in [5.41, 5.74) is 5.51. The van der Waals surface area contributed by atoms with Crippen molar-refractivity contribution in [1.82, 2.24) is 24.7 Å². The monoisotopic (exact) mass is 618 g/mol. The Labute approximate surface area is 211 Å². The zero-order valence-corrected chi connectivity index (χ0v) is 20.4. The maximum absolute atomic E-state index is 4.69. The maximum atomic E-state index is 4.69. The minimum absolute atomic E-state index is 0. The van der Waals surface area contributed by atoms with E-state index in [1.54, 1.807) is 12.4 Å². The molecule has 0 fully saturated rings. The van der Waals surface area contributed by atoms with Crippen LogP contribution >= 0.6 is 0 Å². The SMILES string of the molecule is [Ir].[c-]1ccccc1-c1ccccn1.[c-]1ccccc1-c1nc2ccnnc2n1-c1ccccc1. The van der Waals surface area contributed by atoms with Crippen LogP contribution in [-0.2, 0) is 20.1 Å². The average molecular weight is 618 g/mol. The molecular weight excluding hydrogens is 599 g/mol. The summed E-state index contributed by atoms with van der Waals surface area (Å²) in [6.07, 6.45) is 3.44. The molecule has 0 aliphatic carbocycles. The maximum Gasteiger partial charge on any atom is 0.178 e. The molecule has 0 spiro atoms. The smallest absolute Gasteiger partial charge is 0.178 e. The molecule has 167 valence electrons. The fourth-order valence-corrected chi connectivity index (χ4v) is 3.44. The Bertz CT molecular complexity index is 1400. The molecule has 0 saturated heterocycles. The van der Waals surface area contributed by atoms with Gasteiger partial charge in [0.05, 0.1) is 12.0 Å².